The standard InChI is InChI=1S/C16H17NO4S/c1-20-12-5-3-11(4-6-12)9-10-17-15(18)13-7-8-14(22-13)16(19)21-2/h3-8H,9-10H2,1-2H3,(H,17,18). The van der Waals surface area contributed by atoms with E-state index >= 15 is 0 Å². The van der Waals surface area contributed by atoms with Gasteiger partial charge in [-0.1, -0.05) is 12.1 Å². The monoisotopic (exact) mass is 319 g/mol. The van der Waals surface area contributed by atoms with E-state index in [0.717, 1.165) is 29.1 Å². The van der Waals surface area contributed by atoms with E-state index in [4.69, 9.17) is 4.74 Å². The van der Waals surface area contributed by atoms with Gasteiger partial charge < -0.3 is 14.8 Å². The second kappa shape index (κ2) is 7.61. The van der Waals surface area contributed by atoms with Gasteiger partial charge in [0.15, 0.2) is 0 Å². The first-order chi connectivity index (χ1) is 10.6. The van der Waals surface area contributed by atoms with E-state index in [9.17, 15) is 9.59 Å². The topological polar surface area (TPSA) is 64.6 Å². The zero-order chi connectivity index (χ0) is 15.9. The van der Waals surface area contributed by atoms with Crippen LogP contribution in [-0.2, 0) is 11.2 Å². The normalized spacial score (nSPS) is 10.1. The first-order valence-corrected chi connectivity index (χ1v) is 7.55. The molecule has 0 radical (unpaired) electrons. The number of rotatable bonds is 6. The summed E-state index contributed by atoms with van der Waals surface area (Å²) >= 11 is 1.12. The Hall–Kier alpha value is -2.34. The van der Waals surface area contributed by atoms with E-state index in [-0.39, 0.29) is 5.91 Å². The molecule has 0 atom stereocenters. The predicted octanol–water partition coefficient (Wildman–Crippen LogP) is 2.52. The van der Waals surface area contributed by atoms with E-state index < -0.39 is 5.97 Å². The van der Waals surface area contributed by atoms with Crippen molar-refractivity contribution >= 4 is 23.2 Å². The molecule has 1 heterocycles. The summed E-state index contributed by atoms with van der Waals surface area (Å²) in [6.45, 7) is 0.524. The van der Waals surface area contributed by atoms with Crippen LogP contribution in [0, 0.1) is 0 Å². The summed E-state index contributed by atoms with van der Waals surface area (Å²) in [5.74, 6) is 0.192. The lowest BCUT2D eigenvalue weighted by atomic mass is 10.1. The van der Waals surface area contributed by atoms with Crippen molar-refractivity contribution in [1.82, 2.24) is 5.32 Å². The number of thiophene rings is 1. The molecule has 0 aliphatic rings. The molecule has 5 nitrogen and oxygen atoms in total. The Balaban J connectivity index is 1.84. The number of carbonyl (C=O) groups excluding carboxylic acids is 2. The molecule has 0 saturated carbocycles. The van der Waals surface area contributed by atoms with Crippen molar-refractivity contribution < 1.29 is 19.1 Å². The van der Waals surface area contributed by atoms with Gasteiger partial charge in [-0.25, -0.2) is 4.79 Å². The minimum atomic E-state index is -0.428. The zero-order valence-corrected chi connectivity index (χ0v) is 13.2. The van der Waals surface area contributed by atoms with Crippen molar-refractivity contribution in [1.29, 1.82) is 0 Å². The summed E-state index contributed by atoms with van der Waals surface area (Å²) in [5.41, 5.74) is 1.11. The molecule has 22 heavy (non-hydrogen) atoms. The first kappa shape index (κ1) is 16.0. The number of methoxy groups -OCH3 is 2. The highest BCUT2D eigenvalue weighted by molar-refractivity contribution is 7.15. The van der Waals surface area contributed by atoms with Crippen LogP contribution >= 0.6 is 11.3 Å². The molecule has 1 amide bonds. The maximum absolute atomic E-state index is 12.0. The molecule has 1 N–H and O–H groups in total. The third-order valence-corrected chi connectivity index (χ3v) is 4.14. The van der Waals surface area contributed by atoms with Gasteiger partial charge in [0.1, 0.15) is 10.6 Å². The molecule has 0 bridgehead atoms. The van der Waals surface area contributed by atoms with Gasteiger partial charge in [0, 0.05) is 6.54 Å². The van der Waals surface area contributed by atoms with Gasteiger partial charge in [0.2, 0.25) is 0 Å². The molecule has 6 heteroatoms. The maximum Gasteiger partial charge on any atom is 0.348 e. The van der Waals surface area contributed by atoms with Crippen LogP contribution < -0.4 is 10.1 Å². The molecule has 0 spiro atoms. The lowest BCUT2D eigenvalue weighted by Crippen LogP contribution is -2.24. The number of carbonyl (C=O) groups is 2. The highest BCUT2D eigenvalue weighted by Gasteiger charge is 2.13. The SMILES string of the molecule is COC(=O)c1ccc(C(=O)NCCc2ccc(OC)cc2)s1. The van der Waals surface area contributed by atoms with Crippen molar-refractivity contribution in [3.63, 3.8) is 0 Å². The quantitative estimate of drug-likeness (QED) is 0.831. The summed E-state index contributed by atoms with van der Waals surface area (Å²) < 4.78 is 9.71. The molecule has 0 unspecified atom stereocenters. The lowest BCUT2D eigenvalue weighted by molar-refractivity contribution is 0.0606. The highest BCUT2D eigenvalue weighted by Crippen LogP contribution is 2.17. The van der Waals surface area contributed by atoms with Crippen LogP contribution in [-0.4, -0.2) is 32.6 Å². The van der Waals surface area contributed by atoms with Crippen molar-refractivity contribution in [3.8, 4) is 5.75 Å². The number of benzene rings is 1. The molecule has 0 saturated heterocycles. The van der Waals surface area contributed by atoms with Gasteiger partial charge in [0.25, 0.3) is 5.91 Å². The maximum atomic E-state index is 12.0. The Morgan fingerprint density at radius 1 is 1.05 bits per heavy atom. The molecule has 0 fully saturated rings. The van der Waals surface area contributed by atoms with Gasteiger partial charge >= 0.3 is 5.97 Å². The van der Waals surface area contributed by atoms with Crippen LogP contribution in [0.2, 0.25) is 0 Å². The molecule has 1 aromatic carbocycles. The van der Waals surface area contributed by atoms with Crippen LogP contribution in [0.1, 0.15) is 24.9 Å². The van der Waals surface area contributed by atoms with Crippen LogP contribution in [0.3, 0.4) is 0 Å². The number of esters is 1. The second-order valence-corrected chi connectivity index (χ2v) is 5.59. The molecule has 2 rings (SSSR count). The van der Waals surface area contributed by atoms with Crippen LogP contribution in [0.5, 0.6) is 5.75 Å². The molecular weight excluding hydrogens is 302 g/mol. The average Bonchev–Trinajstić information content (AvgIpc) is 3.04. The molecule has 1 aromatic heterocycles. The van der Waals surface area contributed by atoms with Crippen molar-refractivity contribution in [2.75, 3.05) is 20.8 Å². The Morgan fingerprint density at radius 2 is 1.73 bits per heavy atom. The van der Waals surface area contributed by atoms with Crippen LogP contribution in [0.15, 0.2) is 36.4 Å². The van der Waals surface area contributed by atoms with Crippen LogP contribution in [0.25, 0.3) is 0 Å². The van der Waals surface area contributed by atoms with E-state index in [1.807, 2.05) is 24.3 Å². The fourth-order valence-electron chi connectivity index (χ4n) is 1.87. The van der Waals surface area contributed by atoms with Gasteiger partial charge in [-0.05, 0) is 36.2 Å². The third-order valence-electron chi connectivity index (χ3n) is 3.07. The summed E-state index contributed by atoms with van der Waals surface area (Å²) in [7, 11) is 2.94. The highest BCUT2D eigenvalue weighted by atomic mass is 32.1. The van der Waals surface area contributed by atoms with Crippen molar-refractivity contribution in [2.24, 2.45) is 0 Å². The number of amides is 1. The van der Waals surface area contributed by atoms with E-state index in [1.165, 1.54) is 7.11 Å². The smallest absolute Gasteiger partial charge is 0.348 e. The number of hydrogen-bond acceptors (Lipinski definition) is 5. The minimum absolute atomic E-state index is 0.186. The van der Waals surface area contributed by atoms with Crippen molar-refractivity contribution in [2.45, 2.75) is 6.42 Å². The Labute approximate surface area is 132 Å². The summed E-state index contributed by atoms with van der Waals surface area (Å²) in [4.78, 5) is 24.2. The molecule has 2 aromatic rings. The fraction of sp³-hybridized carbons (Fsp3) is 0.250. The first-order valence-electron chi connectivity index (χ1n) is 6.73. The third kappa shape index (κ3) is 4.08. The van der Waals surface area contributed by atoms with Gasteiger partial charge in [-0.3, -0.25) is 4.79 Å². The molecule has 0 aliphatic heterocycles. The van der Waals surface area contributed by atoms with E-state index in [2.05, 4.69) is 10.1 Å². The van der Waals surface area contributed by atoms with Gasteiger partial charge in [-0.15, -0.1) is 11.3 Å². The predicted molar refractivity (Wildman–Crippen MR) is 84.7 cm³/mol. The zero-order valence-electron chi connectivity index (χ0n) is 12.4. The van der Waals surface area contributed by atoms with Crippen LogP contribution in [0.4, 0.5) is 0 Å². The van der Waals surface area contributed by atoms with Crippen molar-refractivity contribution in [3.05, 3.63) is 51.7 Å². The van der Waals surface area contributed by atoms with Gasteiger partial charge in [-0.2, -0.15) is 0 Å². The lowest BCUT2D eigenvalue weighted by Gasteiger charge is -2.05. The number of nitrogens with one attached hydrogen (secondary N) is 1. The van der Waals surface area contributed by atoms with Gasteiger partial charge in [0.05, 0.1) is 19.1 Å². The Kier molecular flexibility index (Phi) is 5.55. The summed E-state index contributed by atoms with van der Waals surface area (Å²) in [5, 5.41) is 2.83. The average molecular weight is 319 g/mol. The molecule has 0 aliphatic carbocycles. The van der Waals surface area contributed by atoms with E-state index in [0.29, 0.717) is 16.3 Å². The number of hydrogen-bond donors (Lipinski definition) is 1. The molecule has 116 valence electrons. The number of ether oxygens (including phenoxy) is 2. The Morgan fingerprint density at radius 3 is 2.36 bits per heavy atom. The second-order valence-electron chi connectivity index (χ2n) is 4.51. The minimum Gasteiger partial charge on any atom is -0.497 e. The Bertz CT molecular complexity index is 648. The molecular formula is C16H17NO4S. The summed E-state index contributed by atoms with van der Waals surface area (Å²) in [6.07, 6.45) is 0.727. The summed E-state index contributed by atoms with van der Waals surface area (Å²) in [6, 6.07) is 10.9. The largest absolute Gasteiger partial charge is 0.497 e. The van der Waals surface area contributed by atoms with E-state index in [1.54, 1.807) is 19.2 Å². The fourth-order valence-corrected chi connectivity index (χ4v) is 2.71.